The van der Waals surface area contributed by atoms with Crippen LogP contribution >= 0.6 is 24.0 Å². The first-order valence-electron chi connectivity index (χ1n) is 9.96. The number of aliphatic imine (C=N–C) groups is 1. The lowest BCUT2D eigenvalue weighted by Crippen LogP contribution is -2.47. The fourth-order valence-electron chi connectivity index (χ4n) is 3.68. The van der Waals surface area contributed by atoms with Gasteiger partial charge in [0, 0.05) is 33.3 Å². The average Bonchev–Trinajstić information content (AvgIpc) is 2.74. The first-order valence-corrected chi connectivity index (χ1v) is 9.96. The molecule has 1 atom stereocenters. The number of ether oxygens (including phenoxy) is 2. The highest BCUT2D eigenvalue weighted by molar-refractivity contribution is 14.0. The molecule has 0 aromatic heterocycles. The Balaban J connectivity index is 0.00000280. The van der Waals surface area contributed by atoms with Crippen LogP contribution in [0.5, 0.6) is 0 Å². The van der Waals surface area contributed by atoms with Gasteiger partial charge in [-0.05, 0) is 49.8 Å². The Morgan fingerprint density at radius 3 is 2.82 bits per heavy atom. The first kappa shape index (κ1) is 22.9. The lowest BCUT2D eigenvalue weighted by atomic mass is 10.1. The van der Waals surface area contributed by atoms with Crippen LogP contribution in [0.25, 0.3) is 0 Å². The van der Waals surface area contributed by atoms with E-state index in [9.17, 15) is 0 Å². The average molecular weight is 498 g/mol. The van der Waals surface area contributed by atoms with E-state index in [2.05, 4.69) is 21.3 Å². The maximum atomic E-state index is 9.02. The molecule has 2 saturated heterocycles. The fourth-order valence-corrected chi connectivity index (χ4v) is 3.68. The second-order valence-electron chi connectivity index (χ2n) is 7.22. The summed E-state index contributed by atoms with van der Waals surface area (Å²) in [6.07, 6.45) is 6.19. The van der Waals surface area contributed by atoms with Gasteiger partial charge in [-0.25, -0.2) is 0 Å². The smallest absolute Gasteiger partial charge is 0.193 e. The van der Waals surface area contributed by atoms with Crippen LogP contribution in [0.15, 0.2) is 29.3 Å². The quantitative estimate of drug-likeness (QED) is 0.384. The van der Waals surface area contributed by atoms with E-state index in [1.54, 1.807) is 0 Å². The van der Waals surface area contributed by atoms with Crippen molar-refractivity contribution in [3.8, 4) is 6.07 Å². The summed E-state index contributed by atoms with van der Waals surface area (Å²) in [4.78, 5) is 6.70. The molecular weight excluding hydrogens is 467 g/mol. The van der Waals surface area contributed by atoms with Gasteiger partial charge in [0.15, 0.2) is 5.96 Å². The lowest BCUT2D eigenvalue weighted by molar-refractivity contribution is -0.0721. The third-order valence-electron chi connectivity index (χ3n) is 5.25. The van der Waals surface area contributed by atoms with Crippen LogP contribution in [0.4, 0.5) is 0 Å². The number of nitrogens with one attached hydrogen (secondary N) is 1. The Morgan fingerprint density at radius 1 is 1.32 bits per heavy atom. The minimum absolute atomic E-state index is 0. The number of nitriles is 1. The van der Waals surface area contributed by atoms with Gasteiger partial charge >= 0.3 is 0 Å². The van der Waals surface area contributed by atoms with Crippen LogP contribution in [0.1, 0.15) is 43.2 Å². The maximum Gasteiger partial charge on any atom is 0.193 e. The van der Waals surface area contributed by atoms with Crippen molar-refractivity contribution in [3.63, 3.8) is 0 Å². The van der Waals surface area contributed by atoms with Crippen molar-refractivity contribution in [1.82, 2.24) is 10.2 Å². The van der Waals surface area contributed by atoms with Crippen molar-refractivity contribution < 1.29 is 9.47 Å². The SMILES string of the molecule is CN=C(NCc1cccc(C#N)c1)N1CCC(OCC2CCCCO2)CC1.I. The van der Waals surface area contributed by atoms with E-state index in [1.165, 1.54) is 12.8 Å². The molecule has 2 aliphatic rings. The van der Waals surface area contributed by atoms with Gasteiger partial charge in [0.25, 0.3) is 0 Å². The van der Waals surface area contributed by atoms with Crippen LogP contribution in [0, 0.1) is 11.3 Å². The molecule has 6 nitrogen and oxygen atoms in total. The minimum atomic E-state index is 0. The van der Waals surface area contributed by atoms with Crippen molar-refractivity contribution in [3.05, 3.63) is 35.4 Å². The zero-order valence-electron chi connectivity index (χ0n) is 16.6. The third-order valence-corrected chi connectivity index (χ3v) is 5.25. The number of halogens is 1. The monoisotopic (exact) mass is 498 g/mol. The summed E-state index contributed by atoms with van der Waals surface area (Å²) in [5.74, 6) is 0.909. The molecule has 0 saturated carbocycles. The number of hydrogen-bond donors (Lipinski definition) is 1. The fraction of sp³-hybridized carbons (Fsp3) is 0.619. The van der Waals surface area contributed by atoms with E-state index < -0.39 is 0 Å². The Kier molecular flexibility index (Phi) is 10.0. The number of benzene rings is 1. The summed E-state index contributed by atoms with van der Waals surface area (Å²) in [7, 11) is 1.82. The Labute approximate surface area is 185 Å². The Bertz CT molecular complexity index is 663. The molecule has 2 aliphatic heterocycles. The van der Waals surface area contributed by atoms with Crippen LogP contribution in [0.3, 0.4) is 0 Å². The predicted octanol–water partition coefficient (Wildman–Crippen LogP) is 3.30. The molecule has 0 amide bonds. The van der Waals surface area contributed by atoms with E-state index in [4.69, 9.17) is 14.7 Å². The molecular formula is C21H31IN4O2. The zero-order chi connectivity index (χ0) is 18.9. The summed E-state index contributed by atoms with van der Waals surface area (Å²) in [5.41, 5.74) is 1.77. The molecule has 28 heavy (non-hydrogen) atoms. The van der Waals surface area contributed by atoms with E-state index >= 15 is 0 Å². The summed E-state index contributed by atoms with van der Waals surface area (Å²) in [6.45, 7) is 4.15. The highest BCUT2D eigenvalue weighted by Crippen LogP contribution is 2.18. The van der Waals surface area contributed by atoms with Gasteiger partial charge in [0.05, 0.1) is 30.4 Å². The highest BCUT2D eigenvalue weighted by Gasteiger charge is 2.23. The normalized spacial score (nSPS) is 20.9. The Morgan fingerprint density at radius 2 is 2.14 bits per heavy atom. The lowest BCUT2D eigenvalue weighted by Gasteiger charge is -2.35. The van der Waals surface area contributed by atoms with E-state index in [0.717, 1.165) is 57.1 Å². The van der Waals surface area contributed by atoms with Crippen LogP contribution in [-0.4, -0.2) is 56.4 Å². The Hall–Kier alpha value is -1.37. The minimum Gasteiger partial charge on any atom is -0.376 e. The van der Waals surface area contributed by atoms with Crippen molar-refractivity contribution in [1.29, 1.82) is 5.26 Å². The van der Waals surface area contributed by atoms with E-state index in [1.807, 2.05) is 31.3 Å². The van der Waals surface area contributed by atoms with E-state index in [0.29, 0.717) is 18.2 Å². The molecule has 154 valence electrons. The predicted molar refractivity (Wildman–Crippen MR) is 121 cm³/mol. The molecule has 1 unspecified atom stereocenters. The molecule has 0 spiro atoms. The molecule has 1 aromatic rings. The van der Waals surface area contributed by atoms with Crippen LogP contribution in [0.2, 0.25) is 0 Å². The van der Waals surface area contributed by atoms with Gasteiger partial charge in [-0.15, -0.1) is 24.0 Å². The largest absolute Gasteiger partial charge is 0.376 e. The number of guanidine groups is 1. The number of nitrogens with zero attached hydrogens (tertiary/aromatic N) is 3. The van der Waals surface area contributed by atoms with E-state index in [-0.39, 0.29) is 30.1 Å². The molecule has 7 heteroatoms. The van der Waals surface area contributed by atoms with Gasteiger partial charge in [0.2, 0.25) is 0 Å². The zero-order valence-corrected chi connectivity index (χ0v) is 18.9. The van der Waals surface area contributed by atoms with Gasteiger partial charge < -0.3 is 19.7 Å². The molecule has 0 radical (unpaired) electrons. The molecule has 0 aliphatic carbocycles. The van der Waals surface area contributed by atoms with Gasteiger partial charge in [-0.3, -0.25) is 4.99 Å². The molecule has 3 rings (SSSR count). The van der Waals surface area contributed by atoms with Crippen molar-refractivity contribution in [2.75, 3.05) is 33.4 Å². The number of rotatable bonds is 5. The molecule has 2 fully saturated rings. The van der Waals surface area contributed by atoms with Crippen molar-refractivity contribution in [2.24, 2.45) is 4.99 Å². The topological polar surface area (TPSA) is 69.9 Å². The van der Waals surface area contributed by atoms with Gasteiger partial charge in [0.1, 0.15) is 0 Å². The number of hydrogen-bond acceptors (Lipinski definition) is 4. The molecule has 1 N–H and O–H groups in total. The van der Waals surface area contributed by atoms with Crippen molar-refractivity contribution >= 4 is 29.9 Å². The molecule has 1 aromatic carbocycles. The third kappa shape index (κ3) is 6.90. The van der Waals surface area contributed by atoms with Crippen LogP contribution in [-0.2, 0) is 16.0 Å². The number of likely N-dealkylation sites (tertiary alicyclic amines) is 1. The maximum absolute atomic E-state index is 9.02. The second-order valence-corrected chi connectivity index (χ2v) is 7.22. The van der Waals surface area contributed by atoms with Crippen LogP contribution < -0.4 is 5.32 Å². The first-order chi connectivity index (χ1) is 13.3. The van der Waals surface area contributed by atoms with Crippen molar-refractivity contribution in [2.45, 2.75) is 50.9 Å². The van der Waals surface area contributed by atoms with Gasteiger partial charge in [-0.2, -0.15) is 5.26 Å². The summed E-state index contributed by atoms with van der Waals surface area (Å²) < 4.78 is 11.8. The summed E-state index contributed by atoms with van der Waals surface area (Å²) >= 11 is 0. The second kappa shape index (κ2) is 12.2. The standard InChI is InChI=1S/C21H30N4O2.HI/c1-23-21(24-15-18-6-4-5-17(13-18)14-22)25-10-8-19(9-11-25)27-16-20-7-2-3-12-26-20;/h4-6,13,19-20H,2-3,7-12,15-16H2,1H3,(H,23,24);1H. The molecule has 2 heterocycles. The highest BCUT2D eigenvalue weighted by atomic mass is 127. The van der Waals surface area contributed by atoms with Gasteiger partial charge in [-0.1, -0.05) is 12.1 Å². The molecule has 0 bridgehead atoms. The summed E-state index contributed by atoms with van der Waals surface area (Å²) in [5, 5.41) is 12.4. The summed E-state index contributed by atoms with van der Waals surface area (Å²) in [6, 6.07) is 9.85. The number of piperidine rings is 1.